The maximum absolute atomic E-state index is 5.99. The van der Waals surface area contributed by atoms with Crippen LogP contribution in [0.1, 0.15) is 30.7 Å². The first-order valence-electron chi connectivity index (χ1n) is 8.61. The van der Waals surface area contributed by atoms with E-state index in [2.05, 4.69) is 67.7 Å². The first kappa shape index (κ1) is 18.8. The number of halogens is 2. The highest BCUT2D eigenvalue weighted by atomic mass is 35.5. The molecule has 2 nitrogen and oxygen atoms in total. The molecule has 4 heteroatoms. The van der Waals surface area contributed by atoms with Gasteiger partial charge in [-0.25, -0.2) is 0 Å². The lowest BCUT2D eigenvalue weighted by Crippen LogP contribution is -2.18. The van der Waals surface area contributed by atoms with E-state index in [0.717, 1.165) is 23.5 Å². The molecule has 3 aromatic rings. The standard InChI is InChI=1S/C22H21ClN2.ClH/c1-22(2)12-11-18-20(13-22)25-19-6-4-3-5-17(19)21(18)24-14-15-7-9-16(23)10-8-15;/h3-12H,13-14H2,1-2H3,(H,24,25);1H. The largest absolute Gasteiger partial charge is 0.380 e. The molecule has 0 spiro atoms. The Morgan fingerprint density at radius 2 is 1.81 bits per heavy atom. The van der Waals surface area contributed by atoms with Crippen LogP contribution in [-0.4, -0.2) is 4.98 Å². The number of nitrogens with one attached hydrogen (secondary N) is 1. The zero-order valence-electron chi connectivity index (χ0n) is 14.9. The van der Waals surface area contributed by atoms with E-state index in [-0.39, 0.29) is 17.8 Å². The highest BCUT2D eigenvalue weighted by Gasteiger charge is 2.24. The second kappa shape index (κ2) is 7.30. The summed E-state index contributed by atoms with van der Waals surface area (Å²) in [5.74, 6) is 0. The minimum absolute atomic E-state index is 0. The van der Waals surface area contributed by atoms with Gasteiger partial charge in [-0.05, 0) is 35.6 Å². The van der Waals surface area contributed by atoms with Gasteiger partial charge in [-0.3, -0.25) is 4.98 Å². The van der Waals surface area contributed by atoms with Crippen molar-refractivity contribution in [2.24, 2.45) is 5.41 Å². The Balaban J connectivity index is 0.00000196. The third-order valence-electron chi connectivity index (χ3n) is 4.72. The summed E-state index contributed by atoms with van der Waals surface area (Å²) in [5.41, 5.74) is 5.96. The van der Waals surface area contributed by atoms with Crippen molar-refractivity contribution >= 4 is 46.7 Å². The Morgan fingerprint density at radius 1 is 1.08 bits per heavy atom. The van der Waals surface area contributed by atoms with Crippen molar-refractivity contribution in [3.63, 3.8) is 0 Å². The zero-order chi connectivity index (χ0) is 17.4. The molecule has 0 radical (unpaired) electrons. The first-order valence-corrected chi connectivity index (χ1v) is 8.99. The molecule has 0 bridgehead atoms. The van der Waals surface area contributed by atoms with Gasteiger partial charge in [-0.15, -0.1) is 12.4 Å². The molecule has 1 aliphatic rings. The normalized spacial score (nSPS) is 14.6. The fraction of sp³-hybridized carbons (Fsp3) is 0.227. The molecular formula is C22H22Cl2N2. The van der Waals surface area contributed by atoms with Crippen molar-refractivity contribution in [1.82, 2.24) is 4.98 Å². The molecule has 1 heterocycles. The van der Waals surface area contributed by atoms with Crippen molar-refractivity contribution in [2.45, 2.75) is 26.8 Å². The lowest BCUT2D eigenvalue weighted by atomic mass is 9.81. The Kier molecular flexibility index (Phi) is 5.27. The van der Waals surface area contributed by atoms with Crippen molar-refractivity contribution in [2.75, 3.05) is 5.32 Å². The molecule has 0 atom stereocenters. The van der Waals surface area contributed by atoms with Crippen LogP contribution in [0.5, 0.6) is 0 Å². The second-order valence-electron chi connectivity index (χ2n) is 7.34. The molecule has 0 unspecified atom stereocenters. The van der Waals surface area contributed by atoms with E-state index in [1.54, 1.807) is 0 Å². The van der Waals surface area contributed by atoms with Crippen LogP contribution < -0.4 is 5.32 Å². The third kappa shape index (κ3) is 3.72. The van der Waals surface area contributed by atoms with Gasteiger partial charge in [0, 0.05) is 22.5 Å². The van der Waals surface area contributed by atoms with Gasteiger partial charge in [0.05, 0.1) is 16.9 Å². The van der Waals surface area contributed by atoms with Gasteiger partial charge in [0.1, 0.15) is 0 Å². The molecule has 1 N–H and O–H groups in total. The molecule has 1 aliphatic carbocycles. The van der Waals surface area contributed by atoms with Crippen LogP contribution in [0.4, 0.5) is 5.69 Å². The van der Waals surface area contributed by atoms with E-state index >= 15 is 0 Å². The smallest absolute Gasteiger partial charge is 0.0726 e. The molecule has 4 rings (SSSR count). The SMILES string of the molecule is CC1(C)C=Cc2c(nc3ccccc3c2NCc2ccc(Cl)cc2)C1.Cl. The maximum atomic E-state index is 5.99. The number of nitrogens with zero attached hydrogens (tertiary/aromatic N) is 1. The number of anilines is 1. The summed E-state index contributed by atoms with van der Waals surface area (Å²) in [4.78, 5) is 4.93. The minimum Gasteiger partial charge on any atom is -0.380 e. The summed E-state index contributed by atoms with van der Waals surface area (Å²) in [6.45, 7) is 5.27. The summed E-state index contributed by atoms with van der Waals surface area (Å²) in [6, 6.07) is 16.3. The third-order valence-corrected chi connectivity index (χ3v) is 4.97. The summed E-state index contributed by atoms with van der Waals surface area (Å²) < 4.78 is 0. The maximum Gasteiger partial charge on any atom is 0.0726 e. The van der Waals surface area contributed by atoms with E-state index in [1.807, 2.05) is 12.1 Å². The van der Waals surface area contributed by atoms with Crippen LogP contribution in [-0.2, 0) is 13.0 Å². The Hall–Kier alpha value is -2.03. The Bertz CT molecular complexity index is 960. The lowest BCUT2D eigenvalue weighted by Gasteiger charge is -2.27. The Morgan fingerprint density at radius 3 is 2.58 bits per heavy atom. The van der Waals surface area contributed by atoms with Crippen LogP contribution in [0.2, 0.25) is 5.02 Å². The van der Waals surface area contributed by atoms with E-state index in [9.17, 15) is 0 Å². The Labute approximate surface area is 165 Å². The fourth-order valence-electron chi connectivity index (χ4n) is 3.37. The number of benzene rings is 2. The van der Waals surface area contributed by atoms with Gasteiger partial charge in [0.25, 0.3) is 0 Å². The summed E-state index contributed by atoms with van der Waals surface area (Å²) in [5, 5.41) is 5.58. The number of rotatable bonds is 3. The number of hydrogen-bond acceptors (Lipinski definition) is 2. The molecular weight excluding hydrogens is 363 g/mol. The van der Waals surface area contributed by atoms with Crippen LogP contribution in [0, 0.1) is 5.41 Å². The summed E-state index contributed by atoms with van der Waals surface area (Å²) in [7, 11) is 0. The van der Waals surface area contributed by atoms with E-state index in [4.69, 9.17) is 16.6 Å². The number of pyridine rings is 1. The predicted molar refractivity (Wildman–Crippen MR) is 114 cm³/mol. The number of fused-ring (bicyclic) bond motifs is 2. The highest BCUT2D eigenvalue weighted by molar-refractivity contribution is 6.30. The quantitative estimate of drug-likeness (QED) is 0.555. The number of hydrogen-bond donors (Lipinski definition) is 1. The average Bonchev–Trinajstić information content (AvgIpc) is 2.59. The first-order chi connectivity index (χ1) is 12.0. The van der Waals surface area contributed by atoms with Crippen LogP contribution in [0.15, 0.2) is 54.6 Å². The average molecular weight is 385 g/mol. The monoisotopic (exact) mass is 384 g/mol. The van der Waals surface area contributed by atoms with Gasteiger partial charge in [-0.1, -0.05) is 67.9 Å². The minimum atomic E-state index is 0. The van der Waals surface area contributed by atoms with Gasteiger partial charge in [0.15, 0.2) is 0 Å². The van der Waals surface area contributed by atoms with Crippen molar-refractivity contribution in [1.29, 1.82) is 0 Å². The van der Waals surface area contributed by atoms with Gasteiger partial charge < -0.3 is 5.32 Å². The van der Waals surface area contributed by atoms with Crippen molar-refractivity contribution < 1.29 is 0 Å². The molecule has 0 saturated carbocycles. The molecule has 0 saturated heterocycles. The number of aromatic nitrogens is 1. The highest BCUT2D eigenvalue weighted by Crippen LogP contribution is 2.37. The van der Waals surface area contributed by atoms with Crippen molar-refractivity contribution in [3.05, 3.63) is 76.5 Å². The van der Waals surface area contributed by atoms with Crippen LogP contribution in [0.25, 0.3) is 17.0 Å². The molecule has 1 aromatic heterocycles. The predicted octanol–water partition coefficient (Wildman–Crippen LogP) is 6.52. The summed E-state index contributed by atoms with van der Waals surface area (Å²) >= 11 is 5.99. The van der Waals surface area contributed by atoms with Crippen LogP contribution >= 0.6 is 24.0 Å². The molecule has 134 valence electrons. The lowest BCUT2D eigenvalue weighted by molar-refractivity contribution is 0.469. The van der Waals surface area contributed by atoms with E-state index in [1.165, 1.54) is 27.9 Å². The molecule has 0 amide bonds. The topological polar surface area (TPSA) is 24.9 Å². The fourth-order valence-corrected chi connectivity index (χ4v) is 3.50. The van der Waals surface area contributed by atoms with Gasteiger partial charge in [0.2, 0.25) is 0 Å². The zero-order valence-corrected chi connectivity index (χ0v) is 16.5. The van der Waals surface area contributed by atoms with Gasteiger partial charge in [-0.2, -0.15) is 0 Å². The second-order valence-corrected chi connectivity index (χ2v) is 7.78. The van der Waals surface area contributed by atoms with E-state index < -0.39 is 0 Å². The molecule has 0 aliphatic heterocycles. The number of para-hydroxylation sites is 1. The van der Waals surface area contributed by atoms with E-state index in [0.29, 0.717) is 0 Å². The molecule has 26 heavy (non-hydrogen) atoms. The molecule has 0 fully saturated rings. The molecule has 2 aromatic carbocycles. The van der Waals surface area contributed by atoms with Crippen molar-refractivity contribution in [3.8, 4) is 0 Å². The van der Waals surface area contributed by atoms with Crippen LogP contribution in [0.3, 0.4) is 0 Å². The van der Waals surface area contributed by atoms with Gasteiger partial charge >= 0.3 is 0 Å². The number of allylic oxidation sites excluding steroid dienone is 1. The summed E-state index contributed by atoms with van der Waals surface area (Å²) in [6.07, 6.45) is 5.47.